The number of ether oxygens (including phenoxy) is 2. The first kappa shape index (κ1) is 24.7. The number of fused-ring (bicyclic) bond motifs is 2. The van der Waals surface area contributed by atoms with Crippen molar-refractivity contribution in [2.75, 3.05) is 5.32 Å². The van der Waals surface area contributed by atoms with Gasteiger partial charge in [-0.25, -0.2) is 28.2 Å². The number of carbonyl (C=O) groups excluding carboxylic acids is 1. The van der Waals surface area contributed by atoms with Crippen LogP contribution in [0, 0.1) is 6.92 Å². The second kappa shape index (κ2) is 9.17. The number of anilines is 2. The summed E-state index contributed by atoms with van der Waals surface area (Å²) in [5.74, 6) is 1.05. The van der Waals surface area contributed by atoms with Gasteiger partial charge in [-0.3, -0.25) is 0 Å². The van der Waals surface area contributed by atoms with Gasteiger partial charge in [-0.05, 0) is 65.5 Å². The van der Waals surface area contributed by atoms with E-state index in [0.29, 0.717) is 30.2 Å². The van der Waals surface area contributed by atoms with Crippen LogP contribution in [0.25, 0.3) is 0 Å². The van der Waals surface area contributed by atoms with E-state index in [1.54, 1.807) is 6.07 Å². The van der Waals surface area contributed by atoms with Crippen LogP contribution < -0.4 is 10.1 Å². The van der Waals surface area contributed by atoms with Crippen LogP contribution in [0.15, 0.2) is 29.7 Å². The molecule has 2 unspecified atom stereocenters. The maximum atomic E-state index is 12.7. The number of hydrogen-bond donors (Lipinski definition) is 1. The van der Waals surface area contributed by atoms with Gasteiger partial charge in [-0.15, -0.1) is 0 Å². The summed E-state index contributed by atoms with van der Waals surface area (Å²) in [6.45, 7) is 7.52. The zero-order chi connectivity index (χ0) is 25.7. The second-order valence-electron chi connectivity index (χ2n) is 10.9. The molecule has 36 heavy (non-hydrogen) atoms. The molecule has 2 saturated heterocycles. The lowest BCUT2D eigenvalue weighted by molar-refractivity contribution is -0.00770. The van der Waals surface area contributed by atoms with E-state index < -0.39 is 15.4 Å². The van der Waals surface area contributed by atoms with Crippen LogP contribution in [-0.4, -0.2) is 63.4 Å². The van der Waals surface area contributed by atoms with E-state index in [1.165, 1.54) is 18.6 Å². The largest absolute Gasteiger partial charge is 0.474 e. The summed E-state index contributed by atoms with van der Waals surface area (Å²) < 4.78 is 36.7. The Morgan fingerprint density at radius 2 is 1.75 bits per heavy atom. The minimum atomic E-state index is -3.33. The monoisotopic (exact) mass is 515 g/mol. The van der Waals surface area contributed by atoms with Gasteiger partial charge in [0.15, 0.2) is 14.9 Å². The maximum absolute atomic E-state index is 12.7. The molecule has 1 N–H and O–H groups in total. The quantitative estimate of drug-likeness (QED) is 0.603. The molecular formula is C25H33N5O5S. The first-order valence-electron chi connectivity index (χ1n) is 12.5. The van der Waals surface area contributed by atoms with Gasteiger partial charge in [-0.1, -0.05) is 0 Å². The Balaban J connectivity index is 1.24. The van der Waals surface area contributed by atoms with E-state index in [1.807, 2.05) is 32.6 Å². The third-order valence-corrected chi connectivity index (χ3v) is 9.04. The highest BCUT2D eigenvalue weighted by Crippen LogP contribution is 2.39. The average molecular weight is 516 g/mol. The summed E-state index contributed by atoms with van der Waals surface area (Å²) in [5, 5.41) is 3.00. The highest BCUT2D eigenvalue weighted by Gasteiger charge is 2.45. The molecule has 11 heteroatoms. The third kappa shape index (κ3) is 5.11. The van der Waals surface area contributed by atoms with Crippen LogP contribution in [-0.2, 0) is 14.6 Å². The zero-order valence-corrected chi connectivity index (χ0v) is 21.9. The Bertz CT molecular complexity index is 1230. The molecule has 3 fully saturated rings. The number of amides is 1. The summed E-state index contributed by atoms with van der Waals surface area (Å²) in [6.07, 6.45) is 7.38. The Morgan fingerprint density at radius 3 is 2.33 bits per heavy atom. The zero-order valence-electron chi connectivity index (χ0n) is 21.1. The first-order chi connectivity index (χ1) is 17.0. The lowest BCUT2D eigenvalue weighted by Gasteiger charge is -2.39. The summed E-state index contributed by atoms with van der Waals surface area (Å²) >= 11 is 0. The second-order valence-corrected chi connectivity index (χ2v) is 13.1. The number of nitrogens with zero attached hydrogens (tertiary/aromatic N) is 4. The highest BCUT2D eigenvalue weighted by atomic mass is 32.2. The molecule has 10 nitrogen and oxygen atoms in total. The molecule has 1 saturated carbocycles. The number of hydrogen-bond acceptors (Lipinski definition) is 9. The first-order valence-corrected chi connectivity index (χ1v) is 14.0. The Morgan fingerprint density at radius 1 is 1.06 bits per heavy atom. The maximum Gasteiger partial charge on any atom is 0.410 e. The average Bonchev–Trinajstić information content (AvgIpc) is 3.62. The van der Waals surface area contributed by atoms with Crippen LogP contribution in [0.2, 0.25) is 0 Å². The van der Waals surface area contributed by atoms with E-state index in [9.17, 15) is 13.2 Å². The molecule has 4 heterocycles. The van der Waals surface area contributed by atoms with Gasteiger partial charge >= 0.3 is 6.09 Å². The number of rotatable bonds is 6. The van der Waals surface area contributed by atoms with Crippen molar-refractivity contribution in [1.29, 1.82) is 0 Å². The Hall–Kier alpha value is -2.95. The Kier molecular flexibility index (Phi) is 6.30. The van der Waals surface area contributed by atoms with Crippen molar-refractivity contribution >= 4 is 27.4 Å². The fourth-order valence-corrected chi connectivity index (χ4v) is 6.54. The normalized spacial score (nSPS) is 23.9. The topological polar surface area (TPSA) is 124 Å². The van der Waals surface area contributed by atoms with Crippen molar-refractivity contribution in [2.45, 2.75) is 100 Å². The third-order valence-electron chi connectivity index (χ3n) is 6.86. The summed E-state index contributed by atoms with van der Waals surface area (Å²) in [5.41, 5.74) is 0.849. The van der Waals surface area contributed by atoms with Crippen molar-refractivity contribution in [3.63, 3.8) is 0 Å². The predicted octanol–water partition coefficient (Wildman–Crippen LogP) is 4.17. The van der Waals surface area contributed by atoms with E-state index in [0.717, 1.165) is 31.2 Å². The molecule has 0 aromatic carbocycles. The van der Waals surface area contributed by atoms with Gasteiger partial charge in [0.25, 0.3) is 0 Å². The number of sulfone groups is 1. The lowest BCUT2D eigenvalue weighted by Crippen LogP contribution is -2.50. The fourth-order valence-electron chi connectivity index (χ4n) is 4.98. The van der Waals surface area contributed by atoms with Crippen LogP contribution in [0.4, 0.5) is 16.3 Å². The molecule has 0 radical (unpaired) electrons. The van der Waals surface area contributed by atoms with Crippen molar-refractivity contribution in [3.05, 3.63) is 30.2 Å². The van der Waals surface area contributed by atoms with Crippen molar-refractivity contribution in [1.82, 2.24) is 19.9 Å². The van der Waals surface area contributed by atoms with Crippen LogP contribution >= 0.6 is 0 Å². The molecular weight excluding hydrogens is 482 g/mol. The summed E-state index contributed by atoms with van der Waals surface area (Å²) in [4.78, 5) is 27.4. The minimum Gasteiger partial charge on any atom is -0.474 e. The SMILES string of the molecule is Cc1c(Nc2ccc(S(=O)(=O)C3CC3)nc2)ncnc1OC1CC2CC[C@@H](C1)N2C(=O)OC(C)(C)C. The molecule has 2 aromatic heterocycles. The molecule has 2 bridgehead atoms. The summed E-state index contributed by atoms with van der Waals surface area (Å²) in [6, 6.07) is 3.41. The lowest BCUT2D eigenvalue weighted by atomic mass is 10.00. The van der Waals surface area contributed by atoms with E-state index in [2.05, 4.69) is 20.3 Å². The molecule has 1 amide bonds. The van der Waals surface area contributed by atoms with Crippen LogP contribution in [0.1, 0.15) is 64.9 Å². The summed E-state index contributed by atoms with van der Waals surface area (Å²) in [7, 11) is -3.33. The molecule has 1 aliphatic carbocycles. The van der Waals surface area contributed by atoms with Gasteiger partial charge in [0.05, 0.1) is 22.7 Å². The van der Waals surface area contributed by atoms with Crippen molar-refractivity contribution in [3.8, 4) is 5.88 Å². The Labute approximate surface area is 211 Å². The molecule has 2 aromatic rings. The molecule has 3 aliphatic rings. The molecule has 3 atom stereocenters. The number of piperidine rings is 1. The smallest absolute Gasteiger partial charge is 0.410 e. The number of pyridine rings is 1. The number of carbonyl (C=O) groups is 1. The molecule has 194 valence electrons. The fraction of sp³-hybridized carbons (Fsp3) is 0.600. The van der Waals surface area contributed by atoms with Crippen LogP contribution in [0.5, 0.6) is 5.88 Å². The van der Waals surface area contributed by atoms with Gasteiger partial charge < -0.3 is 19.7 Å². The van der Waals surface area contributed by atoms with Gasteiger partial charge in [-0.2, -0.15) is 0 Å². The molecule has 2 aliphatic heterocycles. The van der Waals surface area contributed by atoms with Crippen LogP contribution in [0.3, 0.4) is 0 Å². The van der Waals surface area contributed by atoms with Gasteiger partial charge in [0.2, 0.25) is 5.88 Å². The van der Waals surface area contributed by atoms with Crippen molar-refractivity contribution < 1.29 is 22.7 Å². The number of nitrogens with one attached hydrogen (secondary N) is 1. The standard InChI is InChI=1S/C25H33N5O5S/c1-15-22(29-16-5-10-21(26-13-16)36(32,33)20-8-9-20)27-14-28-23(15)34-19-11-17-6-7-18(12-19)30(17)24(31)35-25(2,3)4/h5,10,13-14,17-20H,6-9,11-12H2,1-4H3,(H,27,28,29)/t17-,18?,19?/m0/s1. The molecule has 5 rings (SSSR count). The van der Waals surface area contributed by atoms with E-state index >= 15 is 0 Å². The predicted molar refractivity (Wildman–Crippen MR) is 133 cm³/mol. The van der Waals surface area contributed by atoms with E-state index in [-0.39, 0.29) is 34.6 Å². The van der Waals surface area contributed by atoms with E-state index in [4.69, 9.17) is 9.47 Å². The highest BCUT2D eigenvalue weighted by molar-refractivity contribution is 7.92. The van der Waals surface area contributed by atoms with Gasteiger partial charge in [0.1, 0.15) is 23.9 Å². The van der Waals surface area contributed by atoms with Crippen molar-refractivity contribution in [2.24, 2.45) is 0 Å². The molecule has 0 spiro atoms. The van der Waals surface area contributed by atoms with Gasteiger partial charge in [0, 0.05) is 24.9 Å². The number of aromatic nitrogens is 3. The minimum absolute atomic E-state index is 0.0591.